The van der Waals surface area contributed by atoms with Crippen molar-refractivity contribution in [3.8, 4) is 0 Å². The Kier molecular flexibility index (Phi) is 17.1. The second kappa shape index (κ2) is 17.5. The van der Waals surface area contributed by atoms with Crippen molar-refractivity contribution in [2.45, 2.75) is 110 Å². The normalized spacial score (nSPS) is 10.8. The van der Waals surface area contributed by atoms with Crippen molar-refractivity contribution in [3.05, 3.63) is 0 Å². The Morgan fingerprint density at radius 3 is 1.29 bits per heavy atom. The molecule has 0 aliphatic rings. The standard InChI is InChI=1S/C19H39NO/c1-3-4-5-6-7-8-9-10-11-12-13-14-15-16-17-18-20-19(2)21/h3-18H2,1-2H3,(H,20,21). The molecule has 0 saturated carbocycles. The summed E-state index contributed by atoms with van der Waals surface area (Å²) in [5.41, 5.74) is 0. The van der Waals surface area contributed by atoms with Crippen LogP contribution in [-0.4, -0.2) is 12.5 Å². The fourth-order valence-corrected chi connectivity index (χ4v) is 2.76. The molecule has 0 radical (unpaired) electrons. The first-order valence-corrected chi connectivity index (χ1v) is 9.51. The predicted molar refractivity (Wildman–Crippen MR) is 93.6 cm³/mol. The van der Waals surface area contributed by atoms with Gasteiger partial charge >= 0.3 is 0 Å². The third-order valence-corrected chi connectivity index (χ3v) is 4.15. The van der Waals surface area contributed by atoms with Gasteiger partial charge in [-0.1, -0.05) is 96.8 Å². The van der Waals surface area contributed by atoms with E-state index in [2.05, 4.69) is 12.2 Å². The summed E-state index contributed by atoms with van der Waals surface area (Å²) in [5.74, 6) is 0.0976. The van der Waals surface area contributed by atoms with Crippen LogP contribution in [0.3, 0.4) is 0 Å². The molecule has 21 heavy (non-hydrogen) atoms. The molecule has 2 nitrogen and oxygen atoms in total. The Labute approximate surface area is 133 Å². The highest BCUT2D eigenvalue weighted by atomic mass is 16.1. The van der Waals surface area contributed by atoms with E-state index in [-0.39, 0.29) is 5.91 Å². The summed E-state index contributed by atoms with van der Waals surface area (Å²) < 4.78 is 0. The van der Waals surface area contributed by atoms with E-state index in [1.165, 1.54) is 89.9 Å². The van der Waals surface area contributed by atoms with Gasteiger partial charge in [0.2, 0.25) is 5.91 Å². The molecule has 0 aliphatic carbocycles. The Balaban J connectivity index is 2.95. The van der Waals surface area contributed by atoms with Crippen LogP contribution in [-0.2, 0) is 4.79 Å². The molecule has 0 aromatic heterocycles. The van der Waals surface area contributed by atoms with E-state index in [0.717, 1.165) is 13.0 Å². The molecule has 1 N–H and O–H groups in total. The van der Waals surface area contributed by atoms with Crippen LogP contribution in [0.25, 0.3) is 0 Å². The van der Waals surface area contributed by atoms with Crippen molar-refractivity contribution in [2.24, 2.45) is 0 Å². The second-order valence-corrected chi connectivity index (χ2v) is 6.43. The van der Waals surface area contributed by atoms with Crippen molar-refractivity contribution in [3.63, 3.8) is 0 Å². The number of hydrogen-bond acceptors (Lipinski definition) is 1. The van der Waals surface area contributed by atoms with Gasteiger partial charge in [0, 0.05) is 13.5 Å². The molecule has 0 fully saturated rings. The Hall–Kier alpha value is -0.530. The number of nitrogens with one attached hydrogen (secondary N) is 1. The van der Waals surface area contributed by atoms with Crippen LogP contribution >= 0.6 is 0 Å². The van der Waals surface area contributed by atoms with Crippen LogP contribution in [0.15, 0.2) is 0 Å². The van der Waals surface area contributed by atoms with Crippen LogP contribution < -0.4 is 5.32 Å². The lowest BCUT2D eigenvalue weighted by atomic mass is 10.0. The fourth-order valence-electron chi connectivity index (χ4n) is 2.76. The zero-order chi connectivity index (χ0) is 15.6. The van der Waals surface area contributed by atoms with Crippen LogP contribution in [0.2, 0.25) is 0 Å². The zero-order valence-corrected chi connectivity index (χ0v) is 14.7. The van der Waals surface area contributed by atoms with Gasteiger partial charge in [0.05, 0.1) is 0 Å². The number of carbonyl (C=O) groups excluding carboxylic acids is 1. The average molecular weight is 298 g/mol. The Morgan fingerprint density at radius 1 is 0.619 bits per heavy atom. The number of carbonyl (C=O) groups is 1. The highest BCUT2D eigenvalue weighted by molar-refractivity contribution is 5.72. The molecule has 0 rings (SSSR count). The molecular weight excluding hydrogens is 258 g/mol. The van der Waals surface area contributed by atoms with E-state index < -0.39 is 0 Å². The molecule has 126 valence electrons. The van der Waals surface area contributed by atoms with Gasteiger partial charge in [-0.3, -0.25) is 4.79 Å². The largest absolute Gasteiger partial charge is 0.356 e. The minimum atomic E-state index is 0.0976. The summed E-state index contributed by atoms with van der Waals surface area (Å²) in [4.78, 5) is 10.7. The summed E-state index contributed by atoms with van der Waals surface area (Å²) in [6.45, 7) is 4.72. The van der Waals surface area contributed by atoms with Gasteiger partial charge in [-0.15, -0.1) is 0 Å². The van der Waals surface area contributed by atoms with Crippen LogP contribution in [0, 0.1) is 0 Å². The molecule has 0 aliphatic heterocycles. The maximum Gasteiger partial charge on any atom is 0.216 e. The van der Waals surface area contributed by atoms with E-state index in [9.17, 15) is 4.79 Å². The second-order valence-electron chi connectivity index (χ2n) is 6.43. The van der Waals surface area contributed by atoms with E-state index in [1.54, 1.807) is 6.92 Å². The molecule has 0 spiro atoms. The number of unbranched alkanes of at least 4 members (excludes halogenated alkanes) is 14. The molecule has 0 bridgehead atoms. The van der Waals surface area contributed by atoms with Gasteiger partial charge in [-0.2, -0.15) is 0 Å². The first kappa shape index (κ1) is 20.5. The lowest BCUT2D eigenvalue weighted by Crippen LogP contribution is -2.20. The SMILES string of the molecule is CCCCCCCCCCCCCCCCCNC(C)=O. The van der Waals surface area contributed by atoms with E-state index in [1.807, 2.05) is 0 Å². The van der Waals surface area contributed by atoms with Crippen molar-refractivity contribution in [1.29, 1.82) is 0 Å². The number of amides is 1. The lowest BCUT2D eigenvalue weighted by molar-refractivity contribution is -0.118. The quantitative estimate of drug-likeness (QED) is 0.348. The smallest absolute Gasteiger partial charge is 0.216 e. The van der Waals surface area contributed by atoms with Crippen molar-refractivity contribution in [1.82, 2.24) is 5.32 Å². The minimum Gasteiger partial charge on any atom is -0.356 e. The average Bonchev–Trinajstić information content (AvgIpc) is 2.46. The topological polar surface area (TPSA) is 29.1 Å². The molecule has 0 unspecified atom stereocenters. The van der Waals surface area contributed by atoms with Gasteiger partial charge in [-0.05, 0) is 6.42 Å². The monoisotopic (exact) mass is 297 g/mol. The van der Waals surface area contributed by atoms with Crippen molar-refractivity contribution in [2.75, 3.05) is 6.54 Å². The third kappa shape index (κ3) is 19.5. The van der Waals surface area contributed by atoms with Gasteiger partial charge in [-0.25, -0.2) is 0 Å². The molecule has 0 aromatic rings. The van der Waals surface area contributed by atoms with E-state index in [0.29, 0.717) is 0 Å². The molecular formula is C19H39NO. The molecule has 0 aromatic carbocycles. The Morgan fingerprint density at radius 2 is 0.952 bits per heavy atom. The predicted octanol–water partition coefficient (Wildman–Crippen LogP) is 5.99. The van der Waals surface area contributed by atoms with Gasteiger partial charge in [0.1, 0.15) is 0 Å². The zero-order valence-electron chi connectivity index (χ0n) is 14.7. The van der Waals surface area contributed by atoms with Crippen LogP contribution in [0.5, 0.6) is 0 Å². The summed E-state index contributed by atoms with van der Waals surface area (Å²) in [6.07, 6.45) is 20.8. The third-order valence-electron chi connectivity index (χ3n) is 4.15. The minimum absolute atomic E-state index is 0.0976. The summed E-state index contributed by atoms with van der Waals surface area (Å²) in [5, 5.41) is 2.85. The van der Waals surface area contributed by atoms with Crippen molar-refractivity contribution >= 4 is 5.91 Å². The maximum absolute atomic E-state index is 10.7. The summed E-state index contributed by atoms with van der Waals surface area (Å²) in [6, 6.07) is 0. The fraction of sp³-hybridized carbons (Fsp3) is 0.947. The van der Waals surface area contributed by atoms with Crippen LogP contribution in [0.4, 0.5) is 0 Å². The molecule has 0 saturated heterocycles. The van der Waals surface area contributed by atoms with E-state index >= 15 is 0 Å². The van der Waals surface area contributed by atoms with Gasteiger partial charge in [0.15, 0.2) is 0 Å². The number of rotatable bonds is 16. The molecule has 2 heteroatoms. The first-order chi connectivity index (χ1) is 10.3. The van der Waals surface area contributed by atoms with Crippen LogP contribution in [0.1, 0.15) is 110 Å². The number of hydrogen-bond donors (Lipinski definition) is 1. The lowest BCUT2D eigenvalue weighted by Gasteiger charge is -2.04. The Bertz CT molecular complexity index is 216. The summed E-state index contributed by atoms with van der Waals surface area (Å²) in [7, 11) is 0. The highest BCUT2D eigenvalue weighted by Gasteiger charge is 1.95. The first-order valence-electron chi connectivity index (χ1n) is 9.51. The molecule has 0 heterocycles. The van der Waals surface area contributed by atoms with E-state index in [4.69, 9.17) is 0 Å². The maximum atomic E-state index is 10.7. The van der Waals surface area contributed by atoms with Gasteiger partial charge in [0.25, 0.3) is 0 Å². The highest BCUT2D eigenvalue weighted by Crippen LogP contribution is 2.13. The molecule has 1 amide bonds. The van der Waals surface area contributed by atoms with Gasteiger partial charge < -0.3 is 5.32 Å². The summed E-state index contributed by atoms with van der Waals surface area (Å²) >= 11 is 0. The van der Waals surface area contributed by atoms with Crippen molar-refractivity contribution < 1.29 is 4.79 Å². The molecule has 0 atom stereocenters.